The largest absolute Gasteiger partial charge is 0.457 e. The fraction of sp³-hybridized carbons (Fsp3) is 0.125. The first kappa shape index (κ1) is 20.4. The molecular formula is C16H11Cl2NO5S3. The van der Waals surface area contributed by atoms with Crippen LogP contribution in [0.1, 0.15) is 5.76 Å². The van der Waals surface area contributed by atoms with Crippen molar-refractivity contribution in [2.75, 3.05) is 12.3 Å². The normalized spacial score (nSPS) is 16.6. The number of amides is 1. The molecular weight excluding hydrogens is 453 g/mol. The second-order valence-corrected chi connectivity index (χ2v) is 9.48. The van der Waals surface area contributed by atoms with Gasteiger partial charge >= 0.3 is 0 Å². The first-order valence-corrected chi connectivity index (χ1v) is 11.0. The molecule has 1 aliphatic rings. The van der Waals surface area contributed by atoms with Crippen molar-refractivity contribution in [3.63, 3.8) is 0 Å². The minimum Gasteiger partial charge on any atom is -0.457 e. The standard InChI is InChI=1S/C16H11Cl2NO5S3/c17-10-2-1-3-11(18)14(10)12-5-4-9(24-12)8-13-15(20)19(16(25)26-13)6-7-27(21,22)23/h1-5,8H,6-7H2,(H,21,22,23). The molecule has 0 aliphatic carbocycles. The lowest BCUT2D eigenvalue weighted by Crippen LogP contribution is -2.32. The van der Waals surface area contributed by atoms with Gasteiger partial charge in [-0.15, -0.1) is 0 Å². The van der Waals surface area contributed by atoms with Crippen LogP contribution in [0.25, 0.3) is 17.4 Å². The van der Waals surface area contributed by atoms with Gasteiger partial charge in [0.05, 0.1) is 26.3 Å². The number of rotatable bonds is 5. The molecule has 2 heterocycles. The van der Waals surface area contributed by atoms with Crippen LogP contribution < -0.4 is 0 Å². The third-order valence-corrected chi connectivity index (χ3v) is 6.26. The van der Waals surface area contributed by atoms with Gasteiger partial charge in [0.1, 0.15) is 15.8 Å². The number of thiocarbonyl (C=S) groups is 1. The molecule has 0 radical (unpaired) electrons. The van der Waals surface area contributed by atoms with Gasteiger partial charge in [-0.1, -0.05) is 53.2 Å². The molecule has 0 saturated carbocycles. The van der Waals surface area contributed by atoms with Crippen molar-refractivity contribution in [3.05, 3.63) is 51.0 Å². The number of hydrogen-bond donors (Lipinski definition) is 1. The Morgan fingerprint density at radius 2 is 1.89 bits per heavy atom. The fourth-order valence-corrected chi connectivity index (χ4v) is 4.61. The Bertz CT molecular complexity index is 1040. The van der Waals surface area contributed by atoms with Crippen LogP contribution in [0, 0.1) is 0 Å². The topological polar surface area (TPSA) is 87.8 Å². The Labute approximate surface area is 174 Å². The van der Waals surface area contributed by atoms with Gasteiger partial charge in [-0.2, -0.15) is 8.42 Å². The Balaban J connectivity index is 1.83. The number of nitrogens with zero attached hydrogens (tertiary/aromatic N) is 1. The highest BCUT2D eigenvalue weighted by Crippen LogP contribution is 2.37. The molecule has 1 aliphatic heterocycles. The summed E-state index contributed by atoms with van der Waals surface area (Å²) in [7, 11) is -4.20. The second kappa shape index (κ2) is 7.94. The van der Waals surface area contributed by atoms with Crippen molar-refractivity contribution in [1.82, 2.24) is 4.90 Å². The number of carbonyl (C=O) groups excluding carboxylic acids is 1. The maximum absolute atomic E-state index is 12.4. The third-order valence-electron chi connectivity index (χ3n) is 3.56. The minimum absolute atomic E-state index is 0.204. The van der Waals surface area contributed by atoms with Gasteiger partial charge in [0.25, 0.3) is 16.0 Å². The predicted octanol–water partition coefficient (Wildman–Crippen LogP) is 4.34. The van der Waals surface area contributed by atoms with Gasteiger partial charge in [0.2, 0.25) is 0 Å². The van der Waals surface area contributed by atoms with E-state index >= 15 is 0 Å². The molecule has 142 valence electrons. The summed E-state index contributed by atoms with van der Waals surface area (Å²) in [6, 6.07) is 8.42. The Hall–Kier alpha value is -1.36. The quantitative estimate of drug-likeness (QED) is 0.400. The molecule has 0 bridgehead atoms. The zero-order chi connectivity index (χ0) is 19.8. The molecule has 11 heteroatoms. The molecule has 3 rings (SSSR count). The molecule has 1 saturated heterocycles. The molecule has 1 aromatic carbocycles. The van der Waals surface area contributed by atoms with E-state index in [9.17, 15) is 13.2 Å². The number of benzene rings is 1. The maximum atomic E-state index is 12.4. The average Bonchev–Trinajstić information content (AvgIpc) is 3.11. The zero-order valence-electron chi connectivity index (χ0n) is 13.4. The van der Waals surface area contributed by atoms with Crippen molar-refractivity contribution < 1.29 is 22.2 Å². The molecule has 1 fully saturated rings. The summed E-state index contributed by atoms with van der Waals surface area (Å²) < 4.78 is 36.5. The third kappa shape index (κ3) is 4.74. The van der Waals surface area contributed by atoms with Crippen molar-refractivity contribution in [2.24, 2.45) is 0 Å². The van der Waals surface area contributed by atoms with Gasteiger partial charge in [-0.25, -0.2) is 0 Å². The summed E-state index contributed by atoms with van der Waals surface area (Å²) in [6.07, 6.45) is 1.50. The molecule has 0 atom stereocenters. The Kier molecular flexibility index (Phi) is 5.99. The van der Waals surface area contributed by atoms with Gasteiger partial charge in [0, 0.05) is 12.6 Å². The summed E-state index contributed by atoms with van der Waals surface area (Å²) in [5.74, 6) is -0.222. The highest BCUT2D eigenvalue weighted by atomic mass is 35.5. The smallest absolute Gasteiger partial charge is 0.266 e. The van der Waals surface area contributed by atoms with Gasteiger partial charge in [-0.3, -0.25) is 14.2 Å². The predicted molar refractivity (Wildman–Crippen MR) is 110 cm³/mol. The Morgan fingerprint density at radius 1 is 1.22 bits per heavy atom. The van der Waals surface area contributed by atoms with Gasteiger partial charge in [-0.05, 0) is 24.3 Å². The van der Waals surface area contributed by atoms with Crippen LogP contribution in [0.15, 0.2) is 39.7 Å². The lowest BCUT2D eigenvalue weighted by molar-refractivity contribution is -0.121. The maximum Gasteiger partial charge on any atom is 0.266 e. The fourth-order valence-electron chi connectivity index (χ4n) is 2.33. The van der Waals surface area contributed by atoms with E-state index in [2.05, 4.69) is 0 Å². The Morgan fingerprint density at radius 3 is 2.52 bits per heavy atom. The van der Waals surface area contributed by atoms with Crippen LogP contribution in [0.4, 0.5) is 0 Å². The number of thioether (sulfide) groups is 1. The van der Waals surface area contributed by atoms with Crippen molar-refractivity contribution >= 4 is 73.6 Å². The van der Waals surface area contributed by atoms with E-state index in [1.807, 2.05) is 0 Å². The lowest BCUT2D eigenvalue weighted by atomic mass is 10.2. The summed E-state index contributed by atoms with van der Waals surface area (Å²) in [5.41, 5.74) is 0.543. The molecule has 1 N–H and O–H groups in total. The number of hydrogen-bond acceptors (Lipinski definition) is 6. The van der Waals surface area contributed by atoms with Crippen LogP contribution in [0.5, 0.6) is 0 Å². The van der Waals surface area contributed by atoms with Crippen LogP contribution in [-0.2, 0) is 14.9 Å². The van der Waals surface area contributed by atoms with Crippen LogP contribution in [0.2, 0.25) is 10.0 Å². The molecule has 1 aromatic heterocycles. The van der Waals surface area contributed by atoms with E-state index in [0.29, 0.717) is 27.1 Å². The molecule has 0 unspecified atom stereocenters. The molecule has 1 amide bonds. The van der Waals surface area contributed by atoms with Crippen LogP contribution in [0.3, 0.4) is 0 Å². The summed E-state index contributed by atoms with van der Waals surface area (Å²) >= 11 is 18.4. The van der Waals surface area contributed by atoms with E-state index in [-0.39, 0.29) is 15.8 Å². The average molecular weight is 464 g/mol. The molecule has 2 aromatic rings. The number of carbonyl (C=O) groups is 1. The first-order chi connectivity index (χ1) is 12.7. The van der Waals surface area contributed by atoms with Crippen molar-refractivity contribution in [1.29, 1.82) is 0 Å². The molecule has 27 heavy (non-hydrogen) atoms. The number of halogens is 2. The molecule has 6 nitrogen and oxygen atoms in total. The highest BCUT2D eigenvalue weighted by Gasteiger charge is 2.32. The van der Waals surface area contributed by atoms with Crippen molar-refractivity contribution in [3.8, 4) is 11.3 Å². The van der Waals surface area contributed by atoms with Crippen LogP contribution >= 0.6 is 47.2 Å². The summed E-state index contributed by atoms with van der Waals surface area (Å²) in [6.45, 7) is -0.223. The van der Waals surface area contributed by atoms with Gasteiger partial charge in [0.15, 0.2) is 0 Å². The SMILES string of the molecule is O=C1C(=Cc2ccc(-c3c(Cl)cccc3Cl)o2)SC(=S)N1CCS(=O)(=O)O. The van der Waals surface area contributed by atoms with Crippen LogP contribution in [-0.4, -0.2) is 40.4 Å². The summed E-state index contributed by atoms with van der Waals surface area (Å²) in [5, 5.41) is 0.861. The monoisotopic (exact) mass is 463 g/mol. The van der Waals surface area contributed by atoms with E-state index in [0.717, 1.165) is 16.7 Å². The lowest BCUT2D eigenvalue weighted by Gasteiger charge is -2.12. The number of furan rings is 1. The van der Waals surface area contributed by atoms with Gasteiger partial charge < -0.3 is 4.42 Å². The van der Waals surface area contributed by atoms with E-state index in [1.54, 1.807) is 30.3 Å². The zero-order valence-corrected chi connectivity index (χ0v) is 17.3. The van der Waals surface area contributed by atoms with E-state index < -0.39 is 21.8 Å². The molecule has 0 spiro atoms. The van der Waals surface area contributed by atoms with E-state index in [1.165, 1.54) is 6.08 Å². The first-order valence-electron chi connectivity index (χ1n) is 7.40. The van der Waals surface area contributed by atoms with Crippen molar-refractivity contribution in [2.45, 2.75) is 0 Å². The van der Waals surface area contributed by atoms with E-state index in [4.69, 9.17) is 44.4 Å². The second-order valence-electron chi connectivity index (χ2n) is 5.42. The highest BCUT2D eigenvalue weighted by molar-refractivity contribution is 8.26. The minimum atomic E-state index is -4.20. The summed E-state index contributed by atoms with van der Waals surface area (Å²) in [4.78, 5) is 13.8.